The van der Waals surface area contributed by atoms with Gasteiger partial charge in [0.25, 0.3) is 0 Å². The molecule has 2 aromatic carbocycles. The van der Waals surface area contributed by atoms with Crippen LogP contribution in [0.1, 0.15) is 5.56 Å². The van der Waals surface area contributed by atoms with E-state index in [-0.39, 0.29) is 4.90 Å². The number of aromatic nitrogens is 2. The number of benzene rings is 2. The van der Waals surface area contributed by atoms with E-state index in [2.05, 4.69) is 9.97 Å². The fraction of sp³-hybridized carbons (Fsp3) is 0.133. The molecule has 0 bridgehead atoms. The molecule has 108 valence electrons. The Labute approximate surface area is 122 Å². The maximum Gasteiger partial charge on any atom is 0.177 e. The Morgan fingerprint density at radius 2 is 1.95 bits per heavy atom. The largest absolute Gasteiger partial charge is 0.399 e. The predicted molar refractivity (Wildman–Crippen MR) is 83.8 cm³/mol. The maximum atomic E-state index is 11.8. The van der Waals surface area contributed by atoms with Gasteiger partial charge in [0.2, 0.25) is 0 Å². The number of hydrogen-bond acceptors (Lipinski definition) is 4. The molecular weight excluding hydrogens is 286 g/mol. The summed E-state index contributed by atoms with van der Waals surface area (Å²) >= 11 is 0. The summed E-state index contributed by atoms with van der Waals surface area (Å²) in [6.07, 6.45) is 1.19. The van der Waals surface area contributed by atoms with Gasteiger partial charge in [-0.3, -0.25) is 0 Å². The first-order valence-electron chi connectivity index (χ1n) is 6.41. The highest BCUT2D eigenvalue weighted by Gasteiger charge is 2.16. The van der Waals surface area contributed by atoms with Gasteiger partial charge in [-0.15, -0.1) is 0 Å². The standard InChI is InChI=1S/C15H15N3O2S/c1-9-8-10(16)6-7-11(9)15-17-12-4-3-5-13(14(12)18-15)21(2,19)20/h3-8H,16H2,1-2H3,(H,17,18). The lowest BCUT2D eigenvalue weighted by molar-refractivity contribution is 0.602. The van der Waals surface area contributed by atoms with Crippen molar-refractivity contribution in [3.8, 4) is 11.4 Å². The van der Waals surface area contributed by atoms with Gasteiger partial charge in [-0.2, -0.15) is 0 Å². The van der Waals surface area contributed by atoms with Crippen molar-refractivity contribution in [3.63, 3.8) is 0 Å². The van der Waals surface area contributed by atoms with Gasteiger partial charge in [0, 0.05) is 17.5 Å². The van der Waals surface area contributed by atoms with Crippen molar-refractivity contribution < 1.29 is 8.42 Å². The topological polar surface area (TPSA) is 88.8 Å². The number of nitrogens with one attached hydrogen (secondary N) is 1. The third-order valence-electron chi connectivity index (χ3n) is 3.38. The molecule has 0 saturated carbocycles. The number of hydrogen-bond donors (Lipinski definition) is 2. The van der Waals surface area contributed by atoms with E-state index in [9.17, 15) is 8.42 Å². The summed E-state index contributed by atoms with van der Waals surface area (Å²) in [5.74, 6) is 0.638. The van der Waals surface area contributed by atoms with E-state index < -0.39 is 9.84 Å². The van der Waals surface area contributed by atoms with Crippen LogP contribution in [-0.2, 0) is 9.84 Å². The molecule has 0 spiro atoms. The number of anilines is 1. The van der Waals surface area contributed by atoms with Crippen LogP contribution in [0.2, 0.25) is 0 Å². The van der Waals surface area contributed by atoms with Crippen LogP contribution in [0.4, 0.5) is 5.69 Å². The summed E-state index contributed by atoms with van der Waals surface area (Å²) in [5, 5.41) is 0. The maximum absolute atomic E-state index is 11.8. The van der Waals surface area contributed by atoms with Crippen molar-refractivity contribution >= 4 is 26.6 Å². The van der Waals surface area contributed by atoms with Crippen LogP contribution in [0.5, 0.6) is 0 Å². The van der Waals surface area contributed by atoms with E-state index in [1.165, 1.54) is 6.26 Å². The van der Waals surface area contributed by atoms with Crippen molar-refractivity contribution in [3.05, 3.63) is 42.0 Å². The Hall–Kier alpha value is -2.34. The monoisotopic (exact) mass is 301 g/mol. The van der Waals surface area contributed by atoms with Gasteiger partial charge < -0.3 is 10.7 Å². The first-order chi connectivity index (χ1) is 9.86. The van der Waals surface area contributed by atoms with Crippen LogP contribution < -0.4 is 5.73 Å². The molecule has 0 fully saturated rings. The van der Waals surface area contributed by atoms with Crippen LogP contribution in [-0.4, -0.2) is 24.6 Å². The lowest BCUT2D eigenvalue weighted by Crippen LogP contribution is -1.97. The first-order valence-corrected chi connectivity index (χ1v) is 8.31. The molecule has 6 heteroatoms. The number of aryl methyl sites for hydroxylation is 1. The molecule has 0 aliphatic rings. The molecule has 0 atom stereocenters. The second-order valence-electron chi connectivity index (χ2n) is 5.08. The van der Waals surface area contributed by atoms with Crippen LogP contribution in [0.15, 0.2) is 41.3 Å². The zero-order chi connectivity index (χ0) is 15.2. The van der Waals surface area contributed by atoms with Crippen molar-refractivity contribution in [1.29, 1.82) is 0 Å². The minimum atomic E-state index is -3.32. The van der Waals surface area contributed by atoms with Crippen LogP contribution >= 0.6 is 0 Å². The van der Waals surface area contributed by atoms with Gasteiger partial charge in [-0.25, -0.2) is 13.4 Å². The number of para-hydroxylation sites is 1. The number of H-pyrrole nitrogens is 1. The van der Waals surface area contributed by atoms with Gasteiger partial charge in [0.05, 0.1) is 10.4 Å². The molecule has 0 unspecified atom stereocenters. The summed E-state index contributed by atoms with van der Waals surface area (Å²) in [6.45, 7) is 1.94. The Balaban J connectivity index is 2.27. The fourth-order valence-electron chi connectivity index (χ4n) is 2.39. The molecule has 0 aliphatic carbocycles. The van der Waals surface area contributed by atoms with Crippen molar-refractivity contribution in [2.24, 2.45) is 0 Å². The Morgan fingerprint density at radius 3 is 2.62 bits per heavy atom. The molecule has 5 nitrogen and oxygen atoms in total. The van der Waals surface area contributed by atoms with E-state index in [4.69, 9.17) is 5.73 Å². The first kappa shape index (κ1) is 13.6. The molecule has 0 saturated heterocycles. The number of nitrogens with zero attached hydrogens (tertiary/aromatic N) is 1. The van der Waals surface area contributed by atoms with Gasteiger partial charge >= 0.3 is 0 Å². The number of aromatic amines is 1. The lowest BCUT2D eigenvalue weighted by Gasteiger charge is -2.03. The summed E-state index contributed by atoms with van der Waals surface area (Å²) in [6, 6.07) is 10.6. The summed E-state index contributed by atoms with van der Waals surface area (Å²) in [5.41, 5.74) is 9.48. The third-order valence-corrected chi connectivity index (χ3v) is 4.51. The highest BCUT2D eigenvalue weighted by atomic mass is 32.2. The molecule has 3 N–H and O–H groups in total. The Bertz CT molecular complexity index is 943. The zero-order valence-corrected chi connectivity index (χ0v) is 12.5. The van der Waals surface area contributed by atoms with Crippen LogP contribution in [0.3, 0.4) is 0 Å². The number of sulfone groups is 1. The van der Waals surface area contributed by atoms with E-state index in [0.29, 0.717) is 22.5 Å². The average Bonchev–Trinajstić information content (AvgIpc) is 2.80. The normalized spacial score (nSPS) is 11.9. The summed E-state index contributed by atoms with van der Waals surface area (Å²) in [7, 11) is -3.32. The van der Waals surface area contributed by atoms with E-state index in [0.717, 1.165) is 11.1 Å². The Kier molecular flexibility index (Phi) is 2.98. The summed E-state index contributed by atoms with van der Waals surface area (Å²) < 4.78 is 23.7. The number of rotatable bonds is 2. The zero-order valence-electron chi connectivity index (χ0n) is 11.7. The number of fused-ring (bicyclic) bond motifs is 1. The molecule has 21 heavy (non-hydrogen) atoms. The molecule has 3 rings (SSSR count). The van der Waals surface area contributed by atoms with Gasteiger partial charge in [-0.05, 0) is 42.8 Å². The van der Waals surface area contributed by atoms with E-state index in [1.807, 2.05) is 25.1 Å². The van der Waals surface area contributed by atoms with Gasteiger partial charge in [-0.1, -0.05) is 6.07 Å². The molecule has 0 aliphatic heterocycles. The van der Waals surface area contributed by atoms with Gasteiger partial charge in [0.15, 0.2) is 9.84 Å². The smallest absolute Gasteiger partial charge is 0.177 e. The SMILES string of the molecule is Cc1cc(N)ccc1-c1nc2c(S(C)(=O)=O)cccc2[nH]1. The van der Waals surface area contributed by atoms with Crippen molar-refractivity contribution in [1.82, 2.24) is 9.97 Å². The minimum absolute atomic E-state index is 0.232. The predicted octanol–water partition coefficient (Wildman–Crippen LogP) is 2.52. The van der Waals surface area contributed by atoms with E-state index in [1.54, 1.807) is 18.2 Å². The van der Waals surface area contributed by atoms with Crippen LogP contribution in [0, 0.1) is 6.92 Å². The lowest BCUT2D eigenvalue weighted by atomic mass is 10.1. The fourth-order valence-corrected chi connectivity index (χ4v) is 3.22. The highest BCUT2D eigenvalue weighted by molar-refractivity contribution is 7.91. The average molecular weight is 301 g/mol. The Morgan fingerprint density at radius 1 is 1.19 bits per heavy atom. The van der Waals surface area contributed by atoms with Gasteiger partial charge in [0.1, 0.15) is 11.3 Å². The quantitative estimate of drug-likeness (QED) is 0.712. The van der Waals surface area contributed by atoms with Crippen LogP contribution in [0.25, 0.3) is 22.4 Å². The van der Waals surface area contributed by atoms with E-state index >= 15 is 0 Å². The molecule has 0 radical (unpaired) electrons. The number of nitrogen functional groups attached to an aromatic ring is 1. The summed E-state index contributed by atoms with van der Waals surface area (Å²) in [4.78, 5) is 7.86. The van der Waals surface area contributed by atoms with Crippen molar-refractivity contribution in [2.75, 3.05) is 12.0 Å². The molecule has 1 heterocycles. The molecular formula is C15H15N3O2S. The number of imidazole rings is 1. The molecule has 1 aromatic heterocycles. The number of nitrogens with two attached hydrogens (primary N) is 1. The second kappa shape index (κ2) is 4.60. The minimum Gasteiger partial charge on any atom is -0.399 e. The second-order valence-corrected chi connectivity index (χ2v) is 7.07. The molecule has 3 aromatic rings. The highest BCUT2D eigenvalue weighted by Crippen LogP contribution is 2.27. The van der Waals surface area contributed by atoms with Crippen molar-refractivity contribution in [2.45, 2.75) is 11.8 Å². The molecule has 0 amide bonds. The third kappa shape index (κ3) is 2.38.